The van der Waals surface area contributed by atoms with E-state index in [-0.39, 0.29) is 23.3 Å². The summed E-state index contributed by atoms with van der Waals surface area (Å²) in [6, 6.07) is 9.68. The fourth-order valence-corrected chi connectivity index (χ4v) is 5.26. The number of amides is 3. The van der Waals surface area contributed by atoms with E-state index in [2.05, 4.69) is 10.3 Å². The van der Waals surface area contributed by atoms with Crippen LogP contribution in [0.25, 0.3) is 0 Å². The molecule has 2 aromatic rings. The molecule has 2 aliphatic rings. The van der Waals surface area contributed by atoms with Crippen LogP contribution in [0.4, 0.5) is 22.4 Å². The number of carbonyl (C=O) groups excluding carboxylic acids is 3. The van der Waals surface area contributed by atoms with Gasteiger partial charge in [-0.25, -0.2) is 9.18 Å². The smallest absolute Gasteiger partial charge is 0.408 e. The van der Waals surface area contributed by atoms with Crippen molar-refractivity contribution in [2.45, 2.75) is 72.4 Å². The fraction of sp³-hybridized carbons (Fsp3) is 0.486. The molecule has 2 aliphatic heterocycles. The Morgan fingerprint density at radius 2 is 1.62 bits per heavy atom. The molecule has 13 heteroatoms. The van der Waals surface area contributed by atoms with Crippen molar-refractivity contribution in [2.24, 2.45) is 5.92 Å². The van der Waals surface area contributed by atoms with Crippen molar-refractivity contribution < 1.29 is 36.7 Å². The highest BCUT2D eigenvalue weighted by Crippen LogP contribution is 2.31. The van der Waals surface area contributed by atoms with E-state index in [0.717, 1.165) is 25.0 Å². The van der Waals surface area contributed by atoms with Crippen LogP contribution in [0.15, 0.2) is 66.3 Å². The topological polar surface area (TPSA) is 91.8 Å². The molecule has 264 valence electrons. The number of ether oxygens (including phenoxy) is 1. The molecular formula is C35H45ClF4N4O4. The minimum Gasteiger partial charge on any atom is -0.408 e. The molecule has 1 aromatic carbocycles. The maximum Gasteiger partial charge on any atom is 0.417 e. The number of hydrogen-bond acceptors (Lipinski definition) is 5. The van der Waals surface area contributed by atoms with Crippen LogP contribution >= 0.6 is 11.6 Å². The number of nitrogens with one attached hydrogen (secondary N) is 1. The lowest BCUT2D eigenvalue weighted by Gasteiger charge is -2.33. The van der Waals surface area contributed by atoms with Gasteiger partial charge in [-0.2, -0.15) is 13.2 Å². The lowest BCUT2D eigenvalue weighted by atomic mass is 9.95. The normalized spacial score (nSPS) is 17.1. The number of aromatic nitrogens is 1. The van der Waals surface area contributed by atoms with Crippen LogP contribution < -0.4 is 5.32 Å². The second kappa shape index (κ2) is 19.8. The molecule has 3 heterocycles. The van der Waals surface area contributed by atoms with Gasteiger partial charge in [0.2, 0.25) is 5.91 Å². The van der Waals surface area contributed by atoms with Gasteiger partial charge < -0.3 is 19.9 Å². The summed E-state index contributed by atoms with van der Waals surface area (Å²) in [5.74, 6) is -0.708. The Hall–Kier alpha value is -3.93. The minimum atomic E-state index is -4.49. The van der Waals surface area contributed by atoms with Crippen LogP contribution in [-0.2, 0) is 15.7 Å². The average molecular weight is 697 g/mol. The maximum absolute atomic E-state index is 13.0. The number of allylic oxidation sites excluding steroid dienone is 3. The number of alkyl carbamates (subject to hydrolysis) is 1. The van der Waals surface area contributed by atoms with Crippen molar-refractivity contribution in [1.29, 1.82) is 0 Å². The summed E-state index contributed by atoms with van der Waals surface area (Å²) < 4.78 is 55.6. The predicted molar refractivity (Wildman–Crippen MR) is 178 cm³/mol. The summed E-state index contributed by atoms with van der Waals surface area (Å²) in [7, 11) is 0. The number of carbonyl (C=O) groups is 3. The number of alkyl halides is 3. The zero-order valence-electron chi connectivity index (χ0n) is 28.1. The molecule has 0 aliphatic carbocycles. The molecule has 1 aromatic heterocycles. The van der Waals surface area contributed by atoms with Crippen LogP contribution in [0.5, 0.6) is 0 Å². The van der Waals surface area contributed by atoms with E-state index in [0.29, 0.717) is 62.7 Å². The number of hydrogen-bond donors (Lipinski definition) is 1. The van der Waals surface area contributed by atoms with Crippen molar-refractivity contribution in [2.75, 3.05) is 32.7 Å². The van der Waals surface area contributed by atoms with Crippen molar-refractivity contribution >= 4 is 29.5 Å². The van der Waals surface area contributed by atoms with E-state index in [1.165, 1.54) is 18.6 Å². The van der Waals surface area contributed by atoms with Gasteiger partial charge in [-0.1, -0.05) is 50.6 Å². The highest BCUT2D eigenvalue weighted by Gasteiger charge is 2.35. The third kappa shape index (κ3) is 12.3. The Labute approximate surface area is 285 Å². The number of rotatable bonds is 7. The SMILES string of the molecule is CC.CC/C=C\C(OC(=O)NCC)=C(/C)F.O=C(c1ccc(C(F)(F)F)cn1)N1CCC(C(=O)N2CC[C@H](c3ccc(Cl)cc3)C2)CC1. The molecule has 8 nitrogen and oxygen atoms in total. The van der Waals surface area contributed by atoms with Crippen molar-refractivity contribution in [3.8, 4) is 0 Å². The highest BCUT2D eigenvalue weighted by molar-refractivity contribution is 6.30. The molecule has 48 heavy (non-hydrogen) atoms. The van der Waals surface area contributed by atoms with E-state index >= 15 is 0 Å². The summed E-state index contributed by atoms with van der Waals surface area (Å²) >= 11 is 5.96. The molecule has 1 N–H and O–H groups in total. The third-order valence-electron chi connectivity index (χ3n) is 7.65. The van der Waals surface area contributed by atoms with Gasteiger partial charge in [-0.05, 0) is 75.4 Å². The fourth-order valence-electron chi connectivity index (χ4n) is 5.13. The van der Waals surface area contributed by atoms with Crippen molar-refractivity contribution in [3.63, 3.8) is 0 Å². The number of piperidine rings is 1. The van der Waals surface area contributed by atoms with Crippen molar-refractivity contribution in [3.05, 3.63) is 88.2 Å². The van der Waals surface area contributed by atoms with Crippen LogP contribution in [-0.4, -0.2) is 65.4 Å². The lowest BCUT2D eigenvalue weighted by molar-refractivity contribution is -0.138. The lowest BCUT2D eigenvalue weighted by Crippen LogP contribution is -2.44. The van der Waals surface area contributed by atoms with Crippen LogP contribution in [0.3, 0.4) is 0 Å². The van der Waals surface area contributed by atoms with Gasteiger partial charge in [0, 0.05) is 55.8 Å². The van der Waals surface area contributed by atoms with Crippen LogP contribution in [0.1, 0.15) is 87.8 Å². The summed E-state index contributed by atoms with van der Waals surface area (Å²) in [6.07, 6.45) is 1.45. The molecule has 0 unspecified atom stereocenters. The van der Waals surface area contributed by atoms with E-state index < -0.39 is 29.6 Å². The highest BCUT2D eigenvalue weighted by atomic mass is 35.5. The average Bonchev–Trinajstić information content (AvgIpc) is 3.58. The number of nitrogens with zero attached hydrogens (tertiary/aromatic N) is 3. The van der Waals surface area contributed by atoms with E-state index in [9.17, 15) is 31.9 Å². The summed E-state index contributed by atoms with van der Waals surface area (Å²) in [6.45, 7) is 11.5. The largest absolute Gasteiger partial charge is 0.417 e. The Balaban J connectivity index is 0.000000423. The van der Waals surface area contributed by atoms with E-state index in [1.807, 2.05) is 49.9 Å². The number of pyridine rings is 1. The molecular weight excluding hydrogens is 652 g/mol. The number of likely N-dealkylation sites (tertiary alicyclic amines) is 2. The van der Waals surface area contributed by atoms with Crippen molar-refractivity contribution in [1.82, 2.24) is 20.1 Å². The van der Waals surface area contributed by atoms with E-state index in [1.54, 1.807) is 17.9 Å². The van der Waals surface area contributed by atoms with E-state index in [4.69, 9.17) is 16.3 Å². The van der Waals surface area contributed by atoms with Gasteiger partial charge in [0.25, 0.3) is 5.91 Å². The monoisotopic (exact) mass is 696 g/mol. The zero-order valence-corrected chi connectivity index (χ0v) is 28.8. The van der Waals surface area contributed by atoms with Gasteiger partial charge in [-0.15, -0.1) is 0 Å². The number of benzene rings is 1. The quantitative estimate of drug-likeness (QED) is 0.178. The molecule has 4 rings (SSSR count). The van der Waals surface area contributed by atoms with Gasteiger partial charge in [0.15, 0.2) is 5.76 Å². The second-order valence-corrected chi connectivity index (χ2v) is 11.4. The first-order valence-electron chi connectivity index (χ1n) is 16.2. The first-order chi connectivity index (χ1) is 22.8. The van der Waals surface area contributed by atoms with Gasteiger partial charge in [-0.3, -0.25) is 14.6 Å². The maximum atomic E-state index is 13.0. The Bertz CT molecular complexity index is 1390. The number of halogens is 5. The van der Waals surface area contributed by atoms with Gasteiger partial charge >= 0.3 is 12.3 Å². The minimum absolute atomic E-state index is 0.0203. The van der Waals surface area contributed by atoms with Gasteiger partial charge in [0.1, 0.15) is 11.5 Å². The Morgan fingerprint density at radius 3 is 2.15 bits per heavy atom. The summed E-state index contributed by atoms with van der Waals surface area (Å²) in [5, 5.41) is 3.10. The first kappa shape index (κ1) is 40.2. The molecule has 0 bridgehead atoms. The molecule has 1 atom stereocenters. The molecule has 0 saturated carbocycles. The summed E-state index contributed by atoms with van der Waals surface area (Å²) in [5.41, 5.74) is 0.267. The molecule has 2 fully saturated rings. The third-order valence-corrected chi connectivity index (χ3v) is 7.90. The molecule has 0 spiro atoms. The van der Waals surface area contributed by atoms with Crippen LogP contribution in [0, 0.1) is 5.92 Å². The first-order valence-corrected chi connectivity index (χ1v) is 16.6. The molecule has 3 amide bonds. The van der Waals surface area contributed by atoms with Crippen LogP contribution in [0.2, 0.25) is 5.02 Å². The summed E-state index contributed by atoms with van der Waals surface area (Å²) in [4.78, 5) is 43.7. The standard InChI is InChI=1S/C23H23ClF3N3O2.C10H16FNO2.C2H6/c24-19-4-1-15(2-5-19)17-9-12-30(14-17)21(31)16-7-10-29(11-8-16)22(32)20-6-3-18(13-28-20)23(25,26)27;1-4-6-7-9(8(3)11)14-10(13)12-5-2;1-2/h1-6,13,16-17H,7-12,14H2;6-7H,4-5H2,1-3H3,(H,12,13);1-2H3/b;7-6-,9-8-;/t17-;;/m0../s1. The van der Waals surface area contributed by atoms with Gasteiger partial charge in [0.05, 0.1) is 5.56 Å². The molecule has 2 saturated heterocycles. The Kier molecular flexibility index (Phi) is 16.6. The predicted octanol–water partition coefficient (Wildman–Crippen LogP) is 8.55. The Morgan fingerprint density at radius 1 is 1.00 bits per heavy atom. The zero-order chi connectivity index (χ0) is 35.9. The second-order valence-electron chi connectivity index (χ2n) is 10.9. The molecule has 0 radical (unpaired) electrons.